The van der Waals surface area contributed by atoms with E-state index in [1.54, 1.807) is 0 Å². The summed E-state index contributed by atoms with van der Waals surface area (Å²) in [5, 5.41) is 10.8. The Labute approximate surface area is 155 Å². The molecule has 0 unspecified atom stereocenters. The molecule has 0 bridgehead atoms. The molecule has 3 rings (SSSR count). The van der Waals surface area contributed by atoms with Crippen molar-refractivity contribution in [1.29, 1.82) is 0 Å². The third kappa shape index (κ3) is 3.84. The molecule has 2 aromatic heterocycles. The first-order valence-corrected chi connectivity index (χ1v) is 8.37. The molecule has 2 heterocycles. The number of hydrogen-bond acceptors (Lipinski definition) is 6. The van der Waals surface area contributed by atoms with Gasteiger partial charge in [-0.2, -0.15) is 4.99 Å². The van der Waals surface area contributed by atoms with Crippen LogP contribution >= 0.6 is 0 Å². The summed E-state index contributed by atoms with van der Waals surface area (Å²) in [6.45, 7) is 5.48. The third-order valence-corrected chi connectivity index (χ3v) is 4.07. The van der Waals surface area contributed by atoms with Crippen LogP contribution in [0.15, 0.2) is 49.7 Å². The maximum atomic E-state index is 11.8. The van der Waals surface area contributed by atoms with Gasteiger partial charge in [0.2, 0.25) is 5.96 Å². The standard InChI is InChI=1S/C19H19N5O3/c1-4-12-5-6-14-13(9-12)10(2)22-19(23-14)24-18(20)21-11(3)16-15(25)7-8-27-17(16)26/h5-9,25H,4H2,1-3H3,(H2,20,22,23,24). The van der Waals surface area contributed by atoms with E-state index in [4.69, 9.17) is 10.2 Å². The summed E-state index contributed by atoms with van der Waals surface area (Å²) in [6, 6.07) is 7.23. The zero-order valence-electron chi connectivity index (χ0n) is 15.2. The molecule has 0 atom stereocenters. The Hall–Kier alpha value is -3.55. The largest absolute Gasteiger partial charge is 0.507 e. The minimum absolute atomic E-state index is 0.0710. The van der Waals surface area contributed by atoms with Gasteiger partial charge in [0, 0.05) is 11.5 Å². The smallest absolute Gasteiger partial charge is 0.348 e. The zero-order valence-corrected chi connectivity index (χ0v) is 15.2. The van der Waals surface area contributed by atoms with Crippen LogP contribution in [-0.4, -0.2) is 26.7 Å². The molecule has 138 valence electrons. The van der Waals surface area contributed by atoms with Crippen molar-refractivity contribution in [2.45, 2.75) is 27.2 Å². The lowest BCUT2D eigenvalue weighted by Gasteiger charge is -2.05. The van der Waals surface area contributed by atoms with E-state index in [9.17, 15) is 9.90 Å². The Balaban J connectivity index is 1.99. The zero-order chi connectivity index (χ0) is 19.6. The lowest BCUT2D eigenvalue weighted by Crippen LogP contribution is -2.16. The number of aromatic nitrogens is 2. The van der Waals surface area contributed by atoms with Gasteiger partial charge in [0.05, 0.1) is 23.2 Å². The minimum Gasteiger partial charge on any atom is -0.507 e. The molecule has 0 aliphatic carbocycles. The molecule has 0 aliphatic heterocycles. The highest BCUT2D eigenvalue weighted by Crippen LogP contribution is 2.20. The first-order valence-electron chi connectivity index (χ1n) is 8.37. The number of benzene rings is 1. The van der Waals surface area contributed by atoms with Gasteiger partial charge in [-0.05, 0) is 38.0 Å². The van der Waals surface area contributed by atoms with E-state index >= 15 is 0 Å². The number of guanidine groups is 1. The van der Waals surface area contributed by atoms with Gasteiger partial charge in [0.25, 0.3) is 5.95 Å². The fraction of sp³-hybridized carbons (Fsp3) is 0.211. The van der Waals surface area contributed by atoms with E-state index < -0.39 is 5.63 Å². The van der Waals surface area contributed by atoms with Crippen LogP contribution in [-0.2, 0) is 6.42 Å². The Morgan fingerprint density at radius 3 is 2.78 bits per heavy atom. The van der Waals surface area contributed by atoms with Crippen molar-refractivity contribution in [3.63, 3.8) is 0 Å². The number of nitrogens with two attached hydrogens (primary N) is 1. The number of aliphatic imine (C=N–C) groups is 2. The minimum atomic E-state index is -0.714. The molecule has 0 radical (unpaired) electrons. The van der Waals surface area contributed by atoms with E-state index in [0.717, 1.165) is 29.3 Å². The Morgan fingerprint density at radius 1 is 1.30 bits per heavy atom. The summed E-state index contributed by atoms with van der Waals surface area (Å²) in [5.74, 6) is -0.216. The van der Waals surface area contributed by atoms with Gasteiger partial charge in [-0.15, -0.1) is 0 Å². The summed E-state index contributed by atoms with van der Waals surface area (Å²) in [5.41, 5.74) is 7.98. The van der Waals surface area contributed by atoms with Crippen molar-refractivity contribution < 1.29 is 9.52 Å². The van der Waals surface area contributed by atoms with Crippen LogP contribution in [0.2, 0.25) is 0 Å². The summed E-state index contributed by atoms with van der Waals surface area (Å²) in [7, 11) is 0. The van der Waals surface area contributed by atoms with Crippen LogP contribution in [0.3, 0.4) is 0 Å². The van der Waals surface area contributed by atoms with Gasteiger partial charge < -0.3 is 15.3 Å². The molecule has 0 aliphatic rings. The topological polar surface area (TPSA) is 127 Å². The second kappa shape index (κ2) is 7.36. The molecule has 3 N–H and O–H groups in total. The lowest BCUT2D eigenvalue weighted by molar-refractivity contribution is 0.445. The molecule has 8 heteroatoms. The lowest BCUT2D eigenvalue weighted by atomic mass is 10.1. The van der Waals surface area contributed by atoms with Crippen LogP contribution in [0, 0.1) is 6.92 Å². The molecule has 1 aromatic carbocycles. The van der Waals surface area contributed by atoms with E-state index in [1.807, 2.05) is 19.1 Å². The fourth-order valence-electron chi connectivity index (χ4n) is 2.68. The van der Waals surface area contributed by atoms with Gasteiger partial charge in [-0.25, -0.2) is 19.8 Å². The molecule has 0 saturated carbocycles. The summed E-state index contributed by atoms with van der Waals surface area (Å²) < 4.78 is 4.74. The molecular weight excluding hydrogens is 346 g/mol. The van der Waals surface area contributed by atoms with Gasteiger partial charge in [0.15, 0.2) is 0 Å². The molecule has 0 amide bonds. The Morgan fingerprint density at radius 2 is 2.07 bits per heavy atom. The molecule has 0 fully saturated rings. The van der Waals surface area contributed by atoms with Crippen molar-refractivity contribution in [3.05, 3.63) is 57.8 Å². The molecule has 0 spiro atoms. The monoisotopic (exact) mass is 365 g/mol. The molecule has 8 nitrogen and oxygen atoms in total. The maximum absolute atomic E-state index is 11.8. The second-order valence-electron chi connectivity index (χ2n) is 5.95. The van der Waals surface area contributed by atoms with Crippen LogP contribution < -0.4 is 11.4 Å². The first kappa shape index (κ1) is 18.2. The summed E-state index contributed by atoms with van der Waals surface area (Å²) >= 11 is 0. The van der Waals surface area contributed by atoms with Crippen molar-refractivity contribution in [1.82, 2.24) is 9.97 Å². The predicted octanol–water partition coefficient (Wildman–Crippen LogP) is 2.61. The number of fused-ring (bicyclic) bond motifs is 1. The van der Waals surface area contributed by atoms with Crippen LogP contribution in [0.1, 0.15) is 30.7 Å². The van der Waals surface area contributed by atoms with Crippen molar-refractivity contribution in [2.75, 3.05) is 0 Å². The second-order valence-corrected chi connectivity index (χ2v) is 5.95. The van der Waals surface area contributed by atoms with Crippen LogP contribution in [0.4, 0.5) is 5.95 Å². The van der Waals surface area contributed by atoms with Crippen LogP contribution in [0.25, 0.3) is 10.9 Å². The molecule has 3 aromatic rings. The van der Waals surface area contributed by atoms with Gasteiger partial charge >= 0.3 is 5.63 Å². The predicted molar refractivity (Wildman–Crippen MR) is 104 cm³/mol. The van der Waals surface area contributed by atoms with Crippen molar-refractivity contribution in [3.8, 4) is 5.75 Å². The van der Waals surface area contributed by atoms with E-state index in [-0.39, 0.29) is 28.9 Å². The average Bonchev–Trinajstić information content (AvgIpc) is 2.61. The van der Waals surface area contributed by atoms with Crippen molar-refractivity contribution in [2.24, 2.45) is 15.7 Å². The number of rotatable bonds is 3. The van der Waals surface area contributed by atoms with E-state index in [1.165, 1.54) is 18.6 Å². The molecule has 27 heavy (non-hydrogen) atoms. The third-order valence-electron chi connectivity index (χ3n) is 4.07. The Bertz CT molecular complexity index is 1130. The van der Waals surface area contributed by atoms with E-state index in [0.29, 0.717) is 0 Å². The Kier molecular flexibility index (Phi) is 4.98. The highest BCUT2D eigenvalue weighted by Gasteiger charge is 2.12. The maximum Gasteiger partial charge on any atom is 0.348 e. The number of nitrogens with zero attached hydrogens (tertiary/aromatic N) is 4. The van der Waals surface area contributed by atoms with Gasteiger partial charge in [-0.1, -0.05) is 13.0 Å². The van der Waals surface area contributed by atoms with Gasteiger partial charge in [-0.3, -0.25) is 0 Å². The quantitative estimate of drug-likeness (QED) is 0.542. The summed E-state index contributed by atoms with van der Waals surface area (Å²) in [4.78, 5) is 28.6. The van der Waals surface area contributed by atoms with Crippen molar-refractivity contribution >= 4 is 28.5 Å². The first-order chi connectivity index (χ1) is 12.9. The van der Waals surface area contributed by atoms with E-state index in [2.05, 4.69) is 32.9 Å². The number of hydrogen-bond donors (Lipinski definition) is 2. The SMILES string of the molecule is CCc1ccc2nc(N=C(N)N=C(C)c3c(O)ccoc3=O)nc(C)c2c1. The average molecular weight is 365 g/mol. The normalized spacial score (nSPS) is 12.6. The highest BCUT2D eigenvalue weighted by molar-refractivity contribution is 6.06. The molecule has 0 saturated heterocycles. The molecular formula is C19H19N5O3. The van der Waals surface area contributed by atoms with Gasteiger partial charge in [0.1, 0.15) is 11.3 Å². The highest BCUT2D eigenvalue weighted by atomic mass is 16.4. The number of aryl methyl sites for hydroxylation is 2. The number of aromatic hydroxyl groups is 1. The fourth-order valence-corrected chi connectivity index (χ4v) is 2.68. The van der Waals surface area contributed by atoms with Crippen LogP contribution in [0.5, 0.6) is 5.75 Å². The summed E-state index contributed by atoms with van der Waals surface area (Å²) in [6.07, 6.45) is 2.03.